The van der Waals surface area contributed by atoms with Crippen LogP contribution in [-0.2, 0) is 11.2 Å². The molecule has 0 saturated heterocycles. The van der Waals surface area contributed by atoms with Crippen LogP contribution in [0.3, 0.4) is 0 Å². The van der Waals surface area contributed by atoms with Gasteiger partial charge in [0.05, 0.1) is 0 Å². The molecule has 3 N–H and O–H groups in total. The van der Waals surface area contributed by atoms with Gasteiger partial charge in [0.2, 0.25) is 18.6 Å². The maximum absolute atomic E-state index is 11.9. The molecular weight excluding hydrogens is 324 g/mol. The van der Waals surface area contributed by atoms with Gasteiger partial charge in [-0.25, -0.2) is 4.98 Å². The van der Waals surface area contributed by atoms with Crippen molar-refractivity contribution in [2.45, 2.75) is 19.8 Å². The zero-order valence-corrected chi connectivity index (χ0v) is 13.9. The van der Waals surface area contributed by atoms with Crippen LogP contribution in [0.4, 0.5) is 5.95 Å². The summed E-state index contributed by atoms with van der Waals surface area (Å²) in [6.07, 6.45) is 1.02. The van der Waals surface area contributed by atoms with E-state index >= 15 is 0 Å². The minimum Gasteiger partial charge on any atom is -0.454 e. The average molecular weight is 344 g/mol. The van der Waals surface area contributed by atoms with Crippen LogP contribution in [0.5, 0.6) is 11.5 Å². The summed E-state index contributed by atoms with van der Waals surface area (Å²) in [5.41, 5.74) is 1.46. The van der Waals surface area contributed by atoms with Crippen LogP contribution in [0.1, 0.15) is 17.7 Å². The molecule has 2 aromatic rings. The fraction of sp³-hybridized carbons (Fsp3) is 0.353. The molecule has 1 aromatic heterocycles. The molecule has 0 radical (unpaired) electrons. The SMILES string of the molecule is Cc1cc(=O)[nH]c(NCCNC(=O)CCc2ccc3c(c2)OCO3)n1. The Kier molecular flexibility index (Phi) is 5.17. The van der Waals surface area contributed by atoms with Crippen molar-refractivity contribution in [2.24, 2.45) is 0 Å². The van der Waals surface area contributed by atoms with E-state index in [4.69, 9.17) is 9.47 Å². The summed E-state index contributed by atoms with van der Waals surface area (Å²) in [5, 5.41) is 5.80. The highest BCUT2D eigenvalue weighted by atomic mass is 16.7. The molecule has 25 heavy (non-hydrogen) atoms. The number of aryl methyl sites for hydroxylation is 2. The van der Waals surface area contributed by atoms with Crippen molar-refractivity contribution in [3.05, 3.63) is 45.9 Å². The van der Waals surface area contributed by atoms with Gasteiger partial charge in [-0.3, -0.25) is 14.6 Å². The second-order valence-electron chi connectivity index (χ2n) is 5.70. The smallest absolute Gasteiger partial charge is 0.252 e. The van der Waals surface area contributed by atoms with E-state index in [2.05, 4.69) is 20.6 Å². The molecule has 0 aliphatic carbocycles. The predicted molar refractivity (Wildman–Crippen MR) is 92.0 cm³/mol. The standard InChI is InChI=1S/C17H20N4O4/c1-11-8-16(23)21-17(20-11)19-7-6-18-15(22)5-3-12-2-4-13-14(9-12)25-10-24-13/h2,4,8-9H,3,5-7,10H2,1H3,(H,18,22)(H2,19,20,21,23). The zero-order valence-electron chi connectivity index (χ0n) is 13.9. The van der Waals surface area contributed by atoms with Crippen molar-refractivity contribution in [3.63, 3.8) is 0 Å². The maximum atomic E-state index is 11.9. The van der Waals surface area contributed by atoms with E-state index in [1.54, 1.807) is 6.92 Å². The highest BCUT2D eigenvalue weighted by Gasteiger charge is 2.13. The molecule has 2 heterocycles. The number of aromatic amines is 1. The monoisotopic (exact) mass is 344 g/mol. The largest absolute Gasteiger partial charge is 0.454 e. The van der Waals surface area contributed by atoms with Crippen LogP contribution in [0.25, 0.3) is 0 Å². The third kappa shape index (κ3) is 4.72. The second kappa shape index (κ2) is 7.69. The summed E-state index contributed by atoms with van der Waals surface area (Å²) in [6, 6.07) is 7.11. The third-order valence-electron chi connectivity index (χ3n) is 3.69. The van der Waals surface area contributed by atoms with Gasteiger partial charge in [0.15, 0.2) is 11.5 Å². The average Bonchev–Trinajstić information content (AvgIpc) is 3.04. The Bertz CT molecular complexity index is 819. The van der Waals surface area contributed by atoms with Gasteiger partial charge in [-0.2, -0.15) is 0 Å². The van der Waals surface area contributed by atoms with Crippen molar-refractivity contribution in [1.29, 1.82) is 0 Å². The Labute approximate surface area is 144 Å². The Morgan fingerprint density at radius 3 is 2.92 bits per heavy atom. The van der Waals surface area contributed by atoms with Crippen LogP contribution in [0, 0.1) is 6.92 Å². The lowest BCUT2D eigenvalue weighted by Gasteiger charge is -2.08. The number of carbonyl (C=O) groups is 1. The van der Waals surface area contributed by atoms with Crippen molar-refractivity contribution in [1.82, 2.24) is 15.3 Å². The number of nitrogens with one attached hydrogen (secondary N) is 3. The molecule has 0 bridgehead atoms. The lowest BCUT2D eigenvalue weighted by atomic mass is 10.1. The molecule has 0 spiro atoms. The molecule has 0 saturated carbocycles. The van der Waals surface area contributed by atoms with Gasteiger partial charge in [0.1, 0.15) is 0 Å². The van der Waals surface area contributed by atoms with Crippen LogP contribution < -0.4 is 25.7 Å². The minimum absolute atomic E-state index is 0.0369. The molecule has 0 unspecified atom stereocenters. The third-order valence-corrected chi connectivity index (χ3v) is 3.69. The van der Waals surface area contributed by atoms with Gasteiger partial charge < -0.3 is 20.1 Å². The van der Waals surface area contributed by atoms with Crippen molar-refractivity contribution in [3.8, 4) is 11.5 Å². The van der Waals surface area contributed by atoms with Gasteiger partial charge in [0.25, 0.3) is 5.56 Å². The van der Waals surface area contributed by atoms with E-state index in [1.165, 1.54) is 6.07 Å². The van der Waals surface area contributed by atoms with Crippen molar-refractivity contribution < 1.29 is 14.3 Å². The predicted octanol–water partition coefficient (Wildman–Crippen LogP) is 0.968. The summed E-state index contributed by atoms with van der Waals surface area (Å²) in [5.74, 6) is 1.83. The summed E-state index contributed by atoms with van der Waals surface area (Å²) in [7, 11) is 0. The Balaban J connectivity index is 1.37. The molecule has 1 aliphatic rings. The second-order valence-corrected chi connectivity index (χ2v) is 5.70. The number of hydrogen-bond donors (Lipinski definition) is 3. The van der Waals surface area contributed by atoms with E-state index in [-0.39, 0.29) is 18.3 Å². The molecular formula is C17H20N4O4. The van der Waals surface area contributed by atoms with Crippen molar-refractivity contribution >= 4 is 11.9 Å². The first-order valence-electron chi connectivity index (χ1n) is 8.07. The van der Waals surface area contributed by atoms with E-state index in [0.717, 1.165) is 17.1 Å². The first-order chi connectivity index (χ1) is 12.1. The quantitative estimate of drug-likeness (QED) is 0.646. The minimum atomic E-state index is -0.206. The number of rotatable bonds is 7. The van der Waals surface area contributed by atoms with E-state index < -0.39 is 0 Å². The Morgan fingerprint density at radius 1 is 1.24 bits per heavy atom. The Hall–Kier alpha value is -3.03. The van der Waals surface area contributed by atoms with Gasteiger partial charge >= 0.3 is 0 Å². The van der Waals surface area contributed by atoms with Crippen LogP contribution >= 0.6 is 0 Å². The summed E-state index contributed by atoms with van der Waals surface area (Å²) in [6.45, 7) is 2.91. The number of fused-ring (bicyclic) bond motifs is 1. The lowest BCUT2D eigenvalue weighted by molar-refractivity contribution is -0.120. The fourth-order valence-corrected chi connectivity index (χ4v) is 2.49. The highest BCUT2D eigenvalue weighted by Crippen LogP contribution is 2.32. The highest BCUT2D eigenvalue weighted by molar-refractivity contribution is 5.76. The number of anilines is 1. The topological polar surface area (TPSA) is 105 Å². The molecule has 3 rings (SSSR count). The van der Waals surface area contributed by atoms with Gasteiger partial charge in [-0.05, 0) is 31.0 Å². The molecule has 1 amide bonds. The normalized spacial score (nSPS) is 12.0. The first kappa shape index (κ1) is 16.8. The molecule has 1 aliphatic heterocycles. The summed E-state index contributed by atoms with van der Waals surface area (Å²) < 4.78 is 10.6. The number of carbonyl (C=O) groups excluding carboxylic acids is 1. The maximum Gasteiger partial charge on any atom is 0.252 e. The van der Waals surface area contributed by atoms with E-state index in [0.29, 0.717) is 37.6 Å². The molecule has 0 atom stereocenters. The number of H-pyrrole nitrogens is 1. The molecule has 8 nitrogen and oxygen atoms in total. The zero-order chi connectivity index (χ0) is 17.6. The number of aromatic nitrogens is 2. The van der Waals surface area contributed by atoms with Gasteiger partial charge in [-0.1, -0.05) is 6.07 Å². The number of nitrogens with zero attached hydrogens (tertiary/aromatic N) is 1. The van der Waals surface area contributed by atoms with Gasteiger partial charge in [-0.15, -0.1) is 0 Å². The first-order valence-corrected chi connectivity index (χ1v) is 8.07. The Morgan fingerprint density at radius 2 is 2.08 bits per heavy atom. The number of benzene rings is 1. The van der Waals surface area contributed by atoms with E-state index in [9.17, 15) is 9.59 Å². The fourth-order valence-electron chi connectivity index (χ4n) is 2.49. The molecule has 1 aromatic carbocycles. The van der Waals surface area contributed by atoms with Crippen LogP contribution in [0.2, 0.25) is 0 Å². The number of amides is 1. The summed E-state index contributed by atoms with van der Waals surface area (Å²) in [4.78, 5) is 30.0. The van der Waals surface area contributed by atoms with Gasteiger partial charge in [0, 0.05) is 31.3 Å². The molecule has 132 valence electrons. The van der Waals surface area contributed by atoms with Crippen LogP contribution in [-0.4, -0.2) is 35.8 Å². The molecule has 8 heteroatoms. The van der Waals surface area contributed by atoms with Crippen molar-refractivity contribution in [2.75, 3.05) is 25.2 Å². The molecule has 0 fully saturated rings. The number of hydrogen-bond acceptors (Lipinski definition) is 6. The van der Waals surface area contributed by atoms with Crippen LogP contribution in [0.15, 0.2) is 29.1 Å². The summed E-state index contributed by atoms with van der Waals surface area (Å²) >= 11 is 0. The number of ether oxygens (including phenoxy) is 2. The van der Waals surface area contributed by atoms with E-state index in [1.807, 2.05) is 18.2 Å². The lowest BCUT2D eigenvalue weighted by Crippen LogP contribution is -2.29.